The molecule has 1 aliphatic heterocycles. The Morgan fingerprint density at radius 1 is 1.19 bits per heavy atom. The molecule has 1 N–H and O–H groups in total. The van der Waals surface area contributed by atoms with Gasteiger partial charge in [0.1, 0.15) is 0 Å². The third kappa shape index (κ3) is 5.25. The van der Waals surface area contributed by atoms with Crippen molar-refractivity contribution >= 4 is 0 Å². The Balaban J connectivity index is 2.28. The van der Waals surface area contributed by atoms with Crippen LogP contribution in [0.2, 0.25) is 0 Å². The van der Waals surface area contributed by atoms with E-state index >= 15 is 0 Å². The molecular weight excluding hydrogens is 204 g/mol. The van der Waals surface area contributed by atoms with Gasteiger partial charge in [-0.1, -0.05) is 0 Å². The van der Waals surface area contributed by atoms with Gasteiger partial charge in [-0.2, -0.15) is 0 Å². The zero-order chi connectivity index (χ0) is 11.6. The summed E-state index contributed by atoms with van der Waals surface area (Å²) < 4.78 is 10.3. The van der Waals surface area contributed by atoms with E-state index in [1.807, 2.05) is 0 Å². The quantitative estimate of drug-likeness (QED) is 0.623. The summed E-state index contributed by atoms with van der Waals surface area (Å²) in [5.74, 6) is 0. The average molecular weight is 230 g/mol. The molecule has 0 saturated carbocycles. The summed E-state index contributed by atoms with van der Waals surface area (Å²) in [6.07, 6.45) is 3.71. The Morgan fingerprint density at radius 2 is 2.00 bits per heavy atom. The van der Waals surface area contributed by atoms with Crippen molar-refractivity contribution in [2.24, 2.45) is 0 Å². The molecule has 16 heavy (non-hydrogen) atoms. The van der Waals surface area contributed by atoms with Crippen LogP contribution < -0.4 is 5.32 Å². The van der Waals surface area contributed by atoms with Crippen LogP contribution in [0.15, 0.2) is 0 Å². The summed E-state index contributed by atoms with van der Waals surface area (Å²) in [4.78, 5) is 2.54. The van der Waals surface area contributed by atoms with E-state index < -0.39 is 0 Å². The number of ether oxygens (including phenoxy) is 2. The molecule has 0 bridgehead atoms. The molecular formula is C12H26N2O2. The normalized spacial score (nSPS) is 21.6. The second kappa shape index (κ2) is 8.93. The minimum absolute atomic E-state index is 0.681. The fraction of sp³-hybridized carbons (Fsp3) is 1.00. The van der Waals surface area contributed by atoms with Crippen molar-refractivity contribution in [3.05, 3.63) is 0 Å². The number of methoxy groups -OCH3 is 2. The van der Waals surface area contributed by atoms with Gasteiger partial charge in [0.15, 0.2) is 0 Å². The Labute approximate surface area is 99.3 Å². The number of nitrogens with zero attached hydrogens (tertiary/aromatic N) is 1. The molecule has 1 atom stereocenters. The van der Waals surface area contributed by atoms with Crippen LogP contribution in [-0.4, -0.2) is 64.6 Å². The molecule has 1 aliphatic rings. The maximum atomic E-state index is 5.18. The smallest absolute Gasteiger partial charge is 0.0589 e. The predicted molar refractivity (Wildman–Crippen MR) is 65.8 cm³/mol. The molecule has 1 rings (SSSR count). The zero-order valence-electron chi connectivity index (χ0n) is 10.7. The monoisotopic (exact) mass is 230 g/mol. The van der Waals surface area contributed by atoms with Crippen molar-refractivity contribution in [1.29, 1.82) is 0 Å². The van der Waals surface area contributed by atoms with E-state index in [9.17, 15) is 0 Å². The van der Waals surface area contributed by atoms with Crippen LogP contribution in [0.4, 0.5) is 0 Å². The molecule has 1 fully saturated rings. The van der Waals surface area contributed by atoms with E-state index in [4.69, 9.17) is 9.47 Å². The number of hydrogen-bond acceptors (Lipinski definition) is 4. The van der Waals surface area contributed by atoms with Gasteiger partial charge in [0.05, 0.1) is 6.61 Å². The second-order valence-corrected chi connectivity index (χ2v) is 4.38. The van der Waals surface area contributed by atoms with Crippen LogP contribution in [0.25, 0.3) is 0 Å². The molecule has 4 nitrogen and oxygen atoms in total. The highest BCUT2D eigenvalue weighted by atomic mass is 16.5. The highest BCUT2D eigenvalue weighted by Crippen LogP contribution is 2.10. The van der Waals surface area contributed by atoms with E-state index in [0.29, 0.717) is 6.04 Å². The van der Waals surface area contributed by atoms with Crippen molar-refractivity contribution in [3.8, 4) is 0 Å². The summed E-state index contributed by atoms with van der Waals surface area (Å²) >= 11 is 0. The molecule has 0 spiro atoms. The van der Waals surface area contributed by atoms with Crippen molar-refractivity contribution in [2.75, 3.05) is 53.6 Å². The number of nitrogens with one attached hydrogen (secondary N) is 1. The molecule has 0 aliphatic carbocycles. The lowest BCUT2D eigenvalue weighted by Crippen LogP contribution is -2.47. The Morgan fingerprint density at radius 3 is 2.62 bits per heavy atom. The fourth-order valence-electron chi connectivity index (χ4n) is 2.24. The molecule has 1 unspecified atom stereocenters. The molecule has 1 heterocycles. The predicted octanol–water partition coefficient (Wildman–Crippen LogP) is 0.723. The standard InChI is InChI=1S/C12H26N2O2/c1-15-9-4-7-14(8-10-16-2)12-5-3-6-13-11-12/h12-13H,3-11H2,1-2H3. The van der Waals surface area contributed by atoms with Gasteiger partial charge in [0, 0.05) is 46.5 Å². The lowest BCUT2D eigenvalue weighted by Gasteiger charge is -2.34. The summed E-state index contributed by atoms with van der Waals surface area (Å²) in [6, 6.07) is 0.681. The van der Waals surface area contributed by atoms with Crippen LogP contribution in [-0.2, 0) is 9.47 Å². The van der Waals surface area contributed by atoms with Gasteiger partial charge >= 0.3 is 0 Å². The summed E-state index contributed by atoms with van der Waals surface area (Å²) in [7, 11) is 3.54. The summed E-state index contributed by atoms with van der Waals surface area (Å²) in [5, 5.41) is 3.47. The van der Waals surface area contributed by atoms with Crippen molar-refractivity contribution in [2.45, 2.75) is 25.3 Å². The first-order valence-electron chi connectivity index (χ1n) is 6.31. The van der Waals surface area contributed by atoms with E-state index in [0.717, 1.165) is 39.3 Å². The number of piperidine rings is 1. The van der Waals surface area contributed by atoms with E-state index in [-0.39, 0.29) is 0 Å². The topological polar surface area (TPSA) is 33.7 Å². The molecule has 1 saturated heterocycles. The minimum Gasteiger partial charge on any atom is -0.385 e. The van der Waals surface area contributed by atoms with Crippen LogP contribution in [0.5, 0.6) is 0 Å². The fourth-order valence-corrected chi connectivity index (χ4v) is 2.24. The molecule has 0 radical (unpaired) electrons. The van der Waals surface area contributed by atoms with Gasteiger partial charge in [0.25, 0.3) is 0 Å². The largest absolute Gasteiger partial charge is 0.385 e. The first kappa shape index (κ1) is 13.9. The maximum absolute atomic E-state index is 5.18. The number of hydrogen-bond donors (Lipinski definition) is 1. The van der Waals surface area contributed by atoms with E-state index in [1.165, 1.54) is 19.4 Å². The van der Waals surface area contributed by atoms with E-state index in [1.54, 1.807) is 14.2 Å². The second-order valence-electron chi connectivity index (χ2n) is 4.38. The van der Waals surface area contributed by atoms with Gasteiger partial charge in [-0.25, -0.2) is 0 Å². The maximum Gasteiger partial charge on any atom is 0.0589 e. The molecule has 0 aromatic carbocycles. The highest BCUT2D eigenvalue weighted by molar-refractivity contribution is 4.78. The van der Waals surface area contributed by atoms with Gasteiger partial charge in [-0.05, 0) is 25.8 Å². The summed E-state index contributed by atoms with van der Waals surface area (Å²) in [5.41, 5.74) is 0. The van der Waals surface area contributed by atoms with Gasteiger partial charge in [-0.3, -0.25) is 4.90 Å². The van der Waals surface area contributed by atoms with Crippen molar-refractivity contribution in [1.82, 2.24) is 10.2 Å². The highest BCUT2D eigenvalue weighted by Gasteiger charge is 2.19. The van der Waals surface area contributed by atoms with Gasteiger partial charge in [0.2, 0.25) is 0 Å². The molecule has 4 heteroatoms. The minimum atomic E-state index is 0.681. The lowest BCUT2D eigenvalue weighted by molar-refractivity contribution is 0.0957. The first-order chi connectivity index (χ1) is 7.88. The number of rotatable bonds is 8. The lowest BCUT2D eigenvalue weighted by atomic mass is 10.1. The Kier molecular flexibility index (Phi) is 7.76. The zero-order valence-corrected chi connectivity index (χ0v) is 10.7. The van der Waals surface area contributed by atoms with Gasteiger partial charge in [-0.15, -0.1) is 0 Å². The first-order valence-corrected chi connectivity index (χ1v) is 6.31. The van der Waals surface area contributed by atoms with Crippen LogP contribution in [0.3, 0.4) is 0 Å². The molecule has 0 aromatic rings. The van der Waals surface area contributed by atoms with Crippen LogP contribution in [0.1, 0.15) is 19.3 Å². The average Bonchev–Trinajstić information content (AvgIpc) is 2.35. The molecule has 96 valence electrons. The van der Waals surface area contributed by atoms with Crippen LogP contribution in [0, 0.1) is 0 Å². The summed E-state index contributed by atoms with van der Waals surface area (Å²) in [6.45, 7) is 6.12. The molecule has 0 aromatic heterocycles. The van der Waals surface area contributed by atoms with Crippen molar-refractivity contribution < 1.29 is 9.47 Å². The van der Waals surface area contributed by atoms with Crippen LogP contribution >= 0.6 is 0 Å². The Hall–Kier alpha value is -0.160. The Bertz CT molecular complexity index is 161. The third-order valence-corrected chi connectivity index (χ3v) is 3.16. The van der Waals surface area contributed by atoms with E-state index in [2.05, 4.69) is 10.2 Å². The SMILES string of the molecule is COCCCN(CCOC)C1CCCNC1. The molecule has 0 amide bonds. The van der Waals surface area contributed by atoms with Crippen molar-refractivity contribution in [3.63, 3.8) is 0 Å². The third-order valence-electron chi connectivity index (χ3n) is 3.16. The van der Waals surface area contributed by atoms with Gasteiger partial charge < -0.3 is 14.8 Å².